The van der Waals surface area contributed by atoms with Crippen LogP contribution in [0.4, 0.5) is 0 Å². The lowest BCUT2D eigenvalue weighted by atomic mass is 9.94. The van der Waals surface area contributed by atoms with E-state index in [9.17, 15) is 14.7 Å². The van der Waals surface area contributed by atoms with E-state index in [2.05, 4.69) is 15.9 Å². The molecule has 0 aliphatic heterocycles. The summed E-state index contributed by atoms with van der Waals surface area (Å²) in [5, 5.41) is 11.3. The molecule has 7 heteroatoms. The van der Waals surface area contributed by atoms with E-state index in [1.807, 2.05) is 0 Å². The van der Waals surface area contributed by atoms with E-state index in [4.69, 9.17) is 16.3 Å². The molecule has 0 saturated carbocycles. The predicted octanol–water partition coefficient (Wildman–Crippen LogP) is 4.39. The highest BCUT2D eigenvalue weighted by atomic mass is 79.9. The van der Waals surface area contributed by atoms with Gasteiger partial charge in [0, 0.05) is 34.6 Å². The number of halogens is 2. The van der Waals surface area contributed by atoms with Gasteiger partial charge in [-0.05, 0) is 41.3 Å². The number of fused-ring (bicyclic) bond motifs is 1. The van der Waals surface area contributed by atoms with Crippen molar-refractivity contribution < 1.29 is 14.6 Å². The molecule has 5 nitrogen and oxygen atoms in total. The molecule has 0 amide bonds. The number of carboxylic acids is 1. The second-order valence-corrected chi connectivity index (χ2v) is 7.13. The van der Waals surface area contributed by atoms with E-state index in [1.54, 1.807) is 49.5 Å². The summed E-state index contributed by atoms with van der Waals surface area (Å²) in [6, 6.07) is 12.3. The topological polar surface area (TPSA) is 68.5 Å². The van der Waals surface area contributed by atoms with Crippen molar-refractivity contribution in [2.75, 3.05) is 7.11 Å². The number of nitrogens with zero attached hydrogens (tertiary/aromatic N) is 1. The smallest absolute Gasteiger partial charge is 0.339 e. The van der Waals surface area contributed by atoms with Crippen LogP contribution >= 0.6 is 27.5 Å². The average Bonchev–Trinajstić information content (AvgIpc) is 2.60. The van der Waals surface area contributed by atoms with Gasteiger partial charge in [-0.2, -0.15) is 0 Å². The zero-order chi connectivity index (χ0) is 19.0. The highest BCUT2D eigenvalue weighted by Gasteiger charge is 2.28. The van der Waals surface area contributed by atoms with Crippen LogP contribution in [0.1, 0.15) is 11.8 Å². The van der Waals surface area contributed by atoms with Gasteiger partial charge in [0.25, 0.3) is 5.56 Å². The molecule has 0 spiro atoms. The Labute approximate surface area is 162 Å². The van der Waals surface area contributed by atoms with Gasteiger partial charge in [0.2, 0.25) is 0 Å². The van der Waals surface area contributed by atoms with Crippen LogP contribution < -0.4 is 5.56 Å². The third kappa shape index (κ3) is 3.16. The van der Waals surface area contributed by atoms with Crippen LogP contribution in [0.15, 0.2) is 51.7 Å². The molecule has 3 aromatic rings. The second kappa shape index (κ2) is 7.23. The number of benzene rings is 2. The molecule has 0 aliphatic rings. The Kier molecular flexibility index (Phi) is 5.18. The van der Waals surface area contributed by atoms with Gasteiger partial charge in [-0.15, -0.1) is 0 Å². The van der Waals surface area contributed by atoms with E-state index in [-0.39, 0.29) is 11.3 Å². The number of pyridine rings is 1. The molecule has 0 aliphatic carbocycles. The number of aromatic nitrogens is 1. The summed E-state index contributed by atoms with van der Waals surface area (Å²) >= 11 is 9.42. The molecule has 0 bridgehead atoms. The minimum Gasteiger partial charge on any atom is -0.479 e. The quantitative estimate of drug-likeness (QED) is 0.658. The molecule has 1 aromatic heterocycles. The predicted molar refractivity (Wildman–Crippen MR) is 105 cm³/mol. The van der Waals surface area contributed by atoms with Gasteiger partial charge in [0.05, 0.1) is 5.69 Å². The van der Waals surface area contributed by atoms with Crippen LogP contribution in [-0.4, -0.2) is 22.8 Å². The van der Waals surface area contributed by atoms with E-state index in [0.29, 0.717) is 21.4 Å². The first-order valence-electron chi connectivity index (χ1n) is 7.68. The lowest BCUT2D eigenvalue weighted by molar-refractivity contribution is -0.149. The van der Waals surface area contributed by atoms with Crippen molar-refractivity contribution in [2.24, 2.45) is 7.05 Å². The van der Waals surface area contributed by atoms with Crippen molar-refractivity contribution in [3.63, 3.8) is 0 Å². The first kappa shape index (κ1) is 18.6. The largest absolute Gasteiger partial charge is 0.479 e. The van der Waals surface area contributed by atoms with Crippen LogP contribution in [0, 0.1) is 0 Å². The standard InChI is InChI=1S/C19H15BrClNO4/c1-22-16(17(26-2)19(24)25)15(10-3-6-12(21)7-4-10)14-9-11(20)5-8-13(14)18(22)23/h3-9,17H,1-2H3,(H,24,25). The number of methoxy groups -OCH3 is 1. The molecule has 2 aromatic carbocycles. The third-order valence-corrected chi connectivity index (χ3v) is 4.99. The average molecular weight is 437 g/mol. The fourth-order valence-corrected chi connectivity index (χ4v) is 3.55. The van der Waals surface area contributed by atoms with Crippen molar-refractivity contribution >= 4 is 44.3 Å². The van der Waals surface area contributed by atoms with Crippen LogP contribution in [-0.2, 0) is 16.6 Å². The Hall–Kier alpha value is -2.15. The third-order valence-electron chi connectivity index (χ3n) is 4.24. The summed E-state index contributed by atoms with van der Waals surface area (Å²) in [5.74, 6) is -1.17. The van der Waals surface area contributed by atoms with E-state index >= 15 is 0 Å². The maximum absolute atomic E-state index is 12.8. The van der Waals surface area contributed by atoms with Gasteiger partial charge in [0.1, 0.15) is 0 Å². The molecule has 0 fully saturated rings. The molecule has 1 unspecified atom stereocenters. The highest BCUT2D eigenvalue weighted by molar-refractivity contribution is 9.10. The summed E-state index contributed by atoms with van der Waals surface area (Å²) in [6.07, 6.45) is -1.29. The highest BCUT2D eigenvalue weighted by Crippen LogP contribution is 2.36. The fraction of sp³-hybridized carbons (Fsp3) is 0.158. The van der Waals surface area contributed by atoms with Gasteiger partial charge < -0.3 is 14.4 Å². The number of hydrogen-bond acceptors (Lipinski definition) is 3. The normalized spacial score (nSPS) is 12.3. The maximum Gasteiger partial charge on any atom is 0.339 e. The van der Waals surface area contributed by atoms with Crippen molar-refractivity contribution in [3.05, 3.63) is 68.0 Å². The summed E-state index contributed by atoms with van der Waals surface area (Å²) in [6.45, 7) is 0. The summed E-state index contributed by atoms with van der Waals surface area (Å²) in [4.78, 5) is 24.6. The molecule has 1 heterocycles. The summed E-state index contributed by atoms with van der Waals surface area (Å²) in [5.41, 5.74) is 1.35. The van der Waals surface area contributed by atoms with Crippen molar-refractivity contribution in [3.8, 4) is 11.1 Å². The van der Waals surface area contributed by atoms with Gasteiger partial charge in [-0.3, -0.25) is 4.79 Å². The zero-order valence-electron chi connectivity index (χ0n) is 14.0. The zero-order valence-corrected chi connectivity index (χ0v) is 16.3. The molecule has 0 saturated heterocycles. The van der Waals surface area contributed by atoms with Crippen LogP contribution in [0.2, 0.25) is 5.02 Å². The van der Waals surface area contributed by atoms with Crippen LogP contribution in [0.5, 0.6) is 0 Å². The molecular formula is C19H15BrClNO4. The van der Waals surface area contributed by atoms with Crippen LogP contribution in [0.3, 0.4) is 0 Å². The number of hydrogen-bond donors (Lipinski definition) is 1. The van der Waals surface area contributed by atoms with Crippen molar-refractivity contribution in [1.82, 2.24) is 4.57 Å². The first-order valence-corrected chi connectivity index (χ1v) is 8.86. The van der Waals surface area contributed by atoms with Crippen molar-refractivity contribution in [2.45, 2.75) is 6.10 Å². The van der Waals surface area contributed by atoms with Crippen LogP contribution in [0.25, 0.3) is 21.9 Å². The Morgan fingerprint density at radius 2 is 1.85 bits per heavy atom. The molecular weight excluding hydrogens is 422 g/mol. The monoisotopic (exact) mass is 435 g/mol. The number of ether oxygens (including phenoxy) is 1. The minimum absolute atomic E-state index is 0.276. The molecule has 26 heavy (non-hydrogen) atoms. The molecule has 1 atom stereocenters. The fourth-order valence-electron chi connectivity index (χ4n) is 3.06. The first-order chi connectivity index (χ1) is 12.3. The Balaban J connectivity index is 2.53. The SMILES string of the molecule is COC(C(=O)O)c1c(-c2ccc(Cl)cc2)c2cc(Br)ccc2c(=O)n1C. The van der Waals surface area contributed by atoms with E-state index in [0.717, 1.165) is 10.0 Å². The van der Waals surface area contributed by atoms with Gasteiger partial charge in [0.15, 0.2) is 6.10 Å². The lowest BCUT2D eigenvalue weighted by Gasteiger charge is -2.21. The van der Waals surface area contributed by atoms with Gasteiger partial charge in [-0.25, -0.2) is 4.79 Å². The Bertz CT molecular complexity index is 1060. The number of aliphatic carboxylic acids is 1. The number of carboxylic acid groups (broad SMARTS) is 1. The van der Waals surface area contributed by atoms with E-state index in [1.165, 1.54) is 11.7 Å². The molecule has 0 radical (unpaired) electrons. The molecule has 1 N–H and O–H groups in total. The van der Waals surface area contributed by atoms with Gasteiger partial charge >= 0.3 is 5.97 Å². The molecule has 3 rings (SSSR count). The Morgan fingerprint density at radius 1 is 1.19 bits per heavy atom. The van der Waals surface area contributed by atoms with Gasteiger partial charge in [-0.1, -0.05) is 39.7 Å². The molecule has 134 valence electrons. The Morgan fingerprint density at radius 3 is 2.42 bits per heavy atom. The number of carbonyl (C=O) groups is 1. The second-order valence-electron chi connectivity index (χ2n) is 5.78. The summed E-state index contributed by atoms with van der Waals surface area (Å²) in [7, 11) is 2.85. The van der Waals surface area contributed by atoms with E-state index < -0.39 is 12.1 Å². The summed E-state index contributed by atoms with van der Waals surface area (Å²) < 4.78 is 7.32. The number of rotatable bonds is 4. The minimum atomic E-state index is -1.29. The van der Waals surface area contributed by atoms with Crippen molar-refractivity contribution in [1.29, 1.82) is 0 Å². The maximum atomic E-state index is 12.8. The lowest BCUT2D eigenvalue weighted by Crippen LogP contribution is -2.27.